The molecular weight excluding hydrogens is 380 g/mol. The fourth-order valence-corrected chi connectivity index (χ4v) is 5.04. The van der Waals surface area contributed by atoms with Crippen molar-refractivity contribution in [3.8, 4) is 0 Å². The maximum absolute atomic E-state index is 12.5. The molecule has 0 spiro atoms. The first-order valence-electron chi connectivity index (χ1n) is 9.40. The van der Waals surface area contributed by atoms with Crippen molar-refractivity contribution in [1.29, 1.82) is 0 Å². The zero-order valence-corrected chi connectivity index (χ0v) is 15.3. The molecule has 5 aromatic rings. The molecule has 0 unspecified atom stereocenters. The number of nitrogens with zero attached hydrogens (tertiary/aromatic N) is 1. The highest BCUT2D eigenvalue weighted by atomic mass is 16.6. The Bertz CT molecular complexity index is 1590. The number of carbonyl (C=O) groups is 3. The summed E-state index contributed by atoms with van der Waals surface area (Å²) < 4.78 is 4.90. The minimum atomic E-state index is -0.637. The van der Waals surface area contributed by atoms with Gasteiger partial charge in [-0.25, -0.2) is 9.59 Å². The molecular formula is C24H10N2O4. The largest absolute Gasteiger partial charge is 0.386 e. The molecule has 0 radical (unpaired) electrons. The van der Waals surface area contributed by atoms with Crippen molar-refractivity contribution in [2.24, 2.45) is 10.7 Å². The van der Waals surface area contributed by atoms with E-state index in [9.17, 15) is 14.4 Å². The highest BCUT2D eigenvalue weighted by Crippen LogP contribution is 2.45. The van der Waals surface area contributed by atoms with Crippen LogP contribution in [0.15, 0.2) is 53.5 Å². The average Bonchev–Trinajstić information content (AvgIpc) is 2.74. The number of nitrogens with two attached hydrogens (primary N) is 1. The molecule has 0 atom stereocenters. The number of esters is 2. The first-order chi connectivity index (χ1) is 14.5. The van der Waals surface area contributed by atoms with E-state index >= 15 is 0 Å². The number of aliphatic imine (C=N–C) groups is 1. The van der Waals surface area contributed by atoms with Crippen LogP contribution >= 0.6 is 0 Å². The quantitative estimate of drug-likeness (QED) is 0.187. The molecule has 0 saturated carbocycles. The van der Waals surface area contributed by atoms with Crippen molar-refractivity contribution in [3.05, 3.63) is 70.8 Å². The minimum absolute atomic E-state index is 0.209. The molecule has 0 bridgehead atoms. The van der Waals surface area contributed by atoms with E-state index in [2.05, 4.69) is 4.99 Å². The Morgan fingerprint density at radius 1 is 0.567 bits per heavy atom. The van der Waals surface area contributed by atoms with Crippen LogP contribution in [0.3, 0.4) is 0 Å². The summed E-state index contributed by atoms with van der Waals surface area (Å²) in [4.78, 5) is 41.2. The van der Waals surface area contributed by atoms with Gasteiger partial charge >= 0.3 is 11.9 Å². The van der Waals surface area contributed by atoms with Gasteiger partial charge in [-0.15, -0.1) is 0 Å². The van der Waals surface area contributed by atoms with Crippen molar-refractivity contribution in [2.45, 2.75) is 0 Å². The van der Waals surface area contributed by atoms with Gasteiger partial charge in [0, 0.05) is 16.3 Å². The molecule has 6 nitrogen and oxygen atoms in total. The molecule has 6 heteroatoms. The zero-order chi connectivity index (χ0) is 20.3. The zero-order valence-electron chi connectivity index (χ0n) is 15.3. The number of amidine groups is 1. The van der Waals surface area contributed by atoms with Crippen LogP contribution in [-0.4, -0.2) is 23.7 Å². The third-order valence-corrected chi connectivity index (χ3v) is 6.26. The van der Waals surface area contributed by atoms with Gasteiger partial charge in [0.15, 0.2) is 0 Å². The number of ether oxygens (including phenoxy) is 1. The summed E-state index contributed by atoms with van der Waals surface area (Å²) in [5.74, 6) is -1.42. The number of carbonyl (C=O) groups excluding carboxylic acids is 3. The van der Waals surface area contributed by atoms with Crippen molar-refractivity contribution in [1.82, 2.24) is 0 Å². The monoisotopic (exact) mass is 390 g/mol. The molecule has 7 rings (SSSR count). The maximum atomic E-state index is 12.5. The molecule has 0 fully saturated rings. The second kappa shape index (κ2) is 4.80. The van der Waals surface area contributed by atoms with Crippen molar-refractivity contribution >= 4 is 66.8 Å². The van der Waals surface area contributed by atoms with E-state index in [1.165, 1.54) is 0 Å². The molecule has 2 aliphatic rings. The van der Waals surface area contributed by atoms with Crippen molar-refractivity contribution < 1.29 is 19.1 Å². The second-order valence-electron chi connectivity index (χ2n) is 7.62. The Morgan fingerprint density at radius 3 is 1.53 bits per heavy atom. The molecule has 1 amide bonds. The SMILES string of the molecule is NC1=NC(=O)c2ccc3c4ccc5c6c(ccc(c7ccc1c2c37)c64)C(=O)OC5=O. The van der Waals surface area contributed by atoms with Gasteiger partial charge < -0.3 is 10.5 Å². The lowest BCUT2D eigenvalue weighted by atomic mass is 9.83. The summed E-state index contributed by atoms with van der Waals surface area (Å²) in [6, 6.07) is 14.6. The summed E-state index contributed by atoms with van der Waals surface area (Å²) in [7, 11) is 0. The van der Waals surface area contributed by atoms with E-state index in [0.717, 1.165) is 43.3 Å². The number of cyclic esters (lactones) is 2. The number of benzene rings is 5. The Morgan fingerprint density at radius 2 is 1.00 bits per heavy atom. The fourth-order valence-electron chi connectivity index (χ4n) is 5.04. The van der Waals surface area contributed by atoms with Gasteiger partial charge in [-0.05, 0) is 56.6 Å². The van der Waals surface area contributed by atoms with Gasteiger partial charge in [0.05, 0.1) is 16.7 Å². The van der Waals surface area contributed by atoms with Gasteiger partial charge in [0.1, 0.15) is 5.84 Å². The fraction of sp³-hybridized carbons (Fsp3) is 0. The highest BCUT2D eigenvalue weighted by Gasteiger charge is 2.30. The number of fused-ring (bicyclic) bond motifs is 2. The summed E-state index contributed by atoms with van der Waals surface area (Å²) in [5, 5.41) is 6.83. The lowest BCUT2D eigenvalue weighted by Gasteiger charge is -2.22. The van der Waals surface area contributed by atoms with E-state index in [0.29, 0.717) is 22.1 Å². The van der Waals surface area contributed by atoms with Crippen LogP contribution in [0, 0.1) is 0 Å². The van der Waals surface area contributed by atoms with Crippen LogP contribution in [-0.2, 0) is 4.74 Å². The first-order valence-corrected chi connectivity index (χ1v) is 9.40. The molecule has 5 aromatic carbocycles. The standard InChI is InChI=1S/C24H10N2O4/c25-21-13-5-1-9-11-3-7-15-20-16(24(29)30-23(15)28)8-4-12(18(11)20)10-2-6-14(22(27)26-21)19(13)17(9)10/h1-8H,(H2,25,26,27). The maximum Gasteiger partial charge on any atom is 0.346 e. The molecule has 0 aliphatic carbocycles. The summed E-state index contributed by atoms with van der Waals surface area (Å²) in [5.41, 5.74) is 8.08. The number of hydrogen-bond donors (Lipinski definition) is 1. The third-order valence-electron chi connectivity index (χ3n) is 6.26. The Hall–Kier alpha value is -4.32. The molecule has 0 aromatic heterocycles. The van der Waals surface area contributed by atoms with Crippen LogP contribution < -0.4 is 5.73 Å². The third kappa shape index (κ3) is 1.58. The van der Waals surface area contributed by atoms with Gasteiger partial charge in [0.2, 0.25) is 0 Å². The predicted octanol–water partition coefficient (Wildman–Crippen LogP) is 3.91. The van der Waals surface area contributed by atoms with Gasteiger partial charge in [-0.2, -0.15) is 4.99 Å². The molecule has 2 heterocycles. The van der Waals surface area contributed by atoms with E-state index in [1.54, 1.807) is 18.2 Å². The normalized spacial score (nSPS) is 15.5. The smallest absolute Gasteiger partial charge is 0.346 e. The summed E-state index contributed by atoms with van der Waals surface area (Å²) in [6.07, 6.45) is 0. The van der Waals surface area contributed by atoms with E-state index in [4.69, 9.17) is 10.5 Å². The van der Waals surface area contributed by atoms with Crippen LogP contribution in [0.25, 0.3) is 43.1 Å². The summed E-state index contributed by atoms with van der Waals surface area (Å²) in [6.45, 7) is 0. The molecule has 2 N–H and O–H groups in total. The minimum Gasteiger partial charge on any atom is -0.386 e. The molecule has 0 saturated heterocycles. The van der Waals surface area contributed by atoms with Crippen LogP contribution in [0.1, 0.15) is 36.6 Å². The molecule has 30 heavy (non-hydrogen) atoms. The second-order valence-corrected chi connectivity index (χ2v) is 7.62. The van der Waals surface area contributed by atoms with E-state index in [-0.39, 0.29) is 11.7 Å². The molecule has 2 aliphatic heterocycles. The Kier molecular flexibility index (Phi) is 2.50. The lowest BCUT2D eigenvalue weighted by Crippen LogP contribution is -2.21. The van der Waals surface area contributed by atoms with Crippen LogP contribution in [0.2, 0.25) is 0 Å². The van der Waals surface area contributed by atoms with Gasteiger partial charge in [-0.3, -0.25) is 4.79 Å². The average molecular weight is 390 g/mol. The number of amides is 1. The Labute approximate surface area is 167 Å². The van der Waals surface area contributed by atoms with Gasteiger partial charge in [-0.1, -0.05) is 24.3 Å². The van der Waals surface area contributed by atoms with Crippen molar-refractivity contribution in [3.63, 3.8) is 0 Å². The lowest BCUT2D eigenvalue weighted by molar-refractivity contribution is 0.0391. The van der Waals surface area contributed by atoms with Crippen LogP contribution in [0.4, 0.5) is 0 Å². The van der Waals surface area contributed by atoms with Crippen LogP contribution in [0.5, 0.6) is 0 Å². The van der Waals surface area contributed by atoms with E-state index in [1.807, 2.05) is 30.3 Å². The topological polar surface area (TPSA) is 98.8 Å². The van der Waals surface area contributed by atoms with Gasteiger partial charge in [0.25, 0.3) is 5.91 Å². The highest BCUT2D eigenvalue weighted by molar-refractivity contribution is 6.40. The number of rotatable bonds is 0. The first kappa shape index (κ1) is 15.6. The number of hydrogen-bond acceptors (Lipinski definition) is 5. The summed E-state index contributed by atoms with van der Waals surface area (Å²) >= 11 is 0. The Balaban J connectivity index is 1.82. The predicted molar refractivity (Wildman–Crippen MR) is 112 cm³/mol. The van der Waals surface area contributed by atoms with Crippen molar-refractivity contribution in [2.75, 3.05) is 0 Å². The molecule has 140 valence electrons. The van der Waals surface area contributed by atoms with E-state index < -0.39 is 11.9 Å².